The van der Waals surface area contributed by atoms with E-state index in [9.17, 15) is 4.79 Å². The molecule has 1 heterocycles. The quantitative estimate of drug-likeness (QED) is 0.763. The Morgan fingerprint density at radius 3 is 2.73 bits per heavy atom. The minimum atomic E-state index is -0.0750. The van der Waals surface area contributed by atoms with Crippen LogP contribution in [-0.2, 0) is 15.3 Å². The number of cyclic esters (lactones) is 1. The van der Waals surface area contributed by atoms with E-state index < -0.39 is 0 Å². The molecular weight excluding hydrogens is 232 g/mol. The highest BCUT2D eigenvalue weighted by atomic mass is 35.5. The summed E-state index contributed by atoms with van der Waals surface area (Å²) in [6, 6.07) is 7.69. The Bertz CT molecular complexity index is 350. The second kappa shape index (κ2) is 4.90. The number of esters is 1. The lowest BCUT2D eigenvalue weighted by atomic mass is 10.2. The first-order valence-corrected chi connectivity index (χ1v) is 6.21. The topological polar surface area (TPSA) is 26.3 Å². The lowest BCUT2D eigenvalue weighted by molar-refractivity contribution is -0.137. The zero-order valence-corrected chi connectivity index (χ0v) is 9.68. The minimum absolute atomic E-state index is 0.0145. The Kier molecular flexibility index (Phi) is 3.54. The van der Waals surface area contributed by atoms with Crippen molar-refractivity contribution < 1.29 is 9.53 Å². The number of thioether (sulfide) groups is 1. The van der Waals surface area contributed by atoms with Crippen molar-refractivity contribution >= 4 is 29.3 Å². The van der Waals surface area contributed by atoms with Crippen LogP contribution in [0.5, 0.6) is 0 Å². The molecule has 0 aliphatic carbocycles. The van der Waals surface area contributed by atoms with Gasteiger partial charge in [0.25, 0.3) is 0 Å². The molecule has 1 fully saturated rings. The molecular formula is C11H11ClO2S. The van der Waals surface area contributed by atoms with Gasteiger partial charge in [0.2, 0.25) is 0 Å². The van der Waals surface area contributed by atoms with Gasteiger partial charge in [0, 0.05) is 17.2 Å². The highest BCUT2D eigenvalue weighted by Gasteiger charge is 2.26. The van der Waals surface area contributed by atoms with Crippen molar-refractivity contribution in [3.63, 3.8) is 0 Å². The summed E-state index contributed by atoms with van der Waals surface area (Å²) in [5.41, 5.74) is 1.18. The fraction of sp³-hybridized carbons (Fsp3) is 0.364. The molecule has 0 unspecified atom stereocenters. The second-order valence-electron chi connectivity index (χ2n) is 3.38. The monoisotopic (exact) mass is 242 g/mol. The van der Waals surface area contributed by atoms with Crippen LogP contribution in [0.1, 0.15) is 12.0 Å². The summed E-state index contributed by atoms with van der Waals surface area (Å²) in [7, 11) is 0. The van der Waals surface area contributed by atoms with Crippen molar-refractivity contribution in [2.45, 2.75) is 17.4 Å². The molecule has 1 aromatic carbocycles. The maximum Gasteiger partial charge on any atom is 0.319 e. The maximum atomic E-state index is 11.2. The van der Waals surface area contributed by atoms with Crippen molar-refractivity contribution in [2.24, 2.45) is 0 Å². The van der Waals surface area contributed by atoms with Crippen LogP contribution in [0.2, 0.25) is 5.02 Å². The Morgan fingerprint density at radius 2 is 2.13 bits per heavy atom. The van der Waals surface area contributed by atoms with Crippen LogP contribution in [0.25, 0.3) is 0 Å². The lowest BCUT2D eigenvalue weighted by Gasteiger charge is -2.05. The summed E-state index contributed by atoms with van der Waals surface area (Å²) in [6.45, 7) is 0.567. The normalized spacial score (nSPS) is 20.3. The van der Waals surface area contributed by atoms with E-state index in [0.29, 0.717) is 6.61 Å². The molecule has 80 valence electrons. The Hall–Kier alpha value is -0.670. The van der Waals surface area contributed by atoms with Gasteiger partial charge in [-0.25, -0.2) is 0 Å². The zero-order chi connectivity index (χ0) is 10.7. The smallest absolute Gasteiger partial charge is 0.319 e. The lowest BCUT2D eigenvalue weighted by Crippen LogP contribution is -2.09. The number of rotatable bonds is 3. The van der Waals surface area contributed by atoms with Crippen LogP contribution >= 0.6 is 23.4 Å². The third-order valence-electron chi connectivity index (χ3n) is 2.25. The van der Waals surface area contributed by atoms with Crippen LogP contribution in [0.15, 0.2) is 24.3 Å². The molecule has 0 spiro atoms. The SMILES string of the molecule is O=C1OCC[C@@H]1SCc1ccc(Cl)cc1. The largest absolute Gasteiger partial charge is 0.465 e. The van der Waals surface area contributed by atoms with Gasteiger partial charge in [0.15, 0.2) is 0 Å². The molecule has 1 saturated heterocycles. The number of hydrogen-bond acceptors (Lipinski definition) is 3. The van der Waals surface area contributed by atoms with Crippen molar-refractivity contribution in [1.29, 1.82) is 0 Å². The number of carbonyl (C=O) groups excluding carboxylic acids is 1. The molecule has 15 heavy (non-hydrogen) atoms. The van der Waals surface area contributed by atoms with E-state index in [1.165, 1.54) is 5.56 Å². The molecule has 1 aliphatic heterocycles. The number of hydrogen-bond donors (Lipinski definition) is 0. The first-order valence-electron chi connectivity index (χ1n) is 4.78. The average molecular weight is 243 g/mol. The van der Waals surface area contributed by atoms with E-state index in [1.807, 2.05) is 24.3 Å². The Labute approximate surface area is 98.0 Å². The fourth-order valence-corrected chi connectivity index (χ4v) is 2.59. The summed E-state index contributed by atoms with van der Waals surface area (Å²) in [5.74, 6) is 0.755. The molecule has 0 amide bonds. The maximum absolute atomic E-state index is 11.2. The van der Waals surface area contributed by atoms with Crippen molar-refractivity contribution in [3.05, 3.63) is 34.9 Å². The van der Waals surface area contributed by atoms with Crippen LogP contribution in [-0.4, -0.2) is 17.8 Å². The van der Waals surface area contributed by atoms with Gasteiger partial charge < -0.3 is 4.74 Å². The van der Waals surface area contributed by atoms with Crippen LogP contribution in [0.4, 0.5) is 0 Å². The molecule has 1 aromatic rings. The molecule has 0 N–H and O–H groups in total. The molecule has 0 bridgehead atoms. The summed E-state index contributed by atoms with van der Waals surface area (Å²) in [6.07, 6.45) is 0.830. The average Bonchev–Trinajstić information content (AvgIpc) is 2.63. The third kappa shape index (κ3) is 2.89. The van der Waals surface area contributed by atoms with Gasteiger partial charge >= 0.3 is 5.97 Å². The molecule has 2 nitrogen and oxygen atoms in total. The zero-order valence-electron chi connectivity index (χ0n) is 8.11. The summed E-state index contributed by atoms with van der Waals surface area (Å²) in [5, 5.41) is 0.754. The van der Waals surface area contributed by atoms with Gasteiger partial charge in [-0.3, -0.25) is 4.79 Å². The van der Waals surface area contributed by atoms with Gasteiger partial charge in [-0.1, -0.05) is 23.7 Å². The van der Waals surface area contributed by atoms with E-state index >= 15 is 0 Å². The predicted molar refractivity (Wildman–Crippen MR) is 62.1 cm³/mol. The number of ether oxygens (including phenoxy) is 1. The van der Waals surface area contributed by atoms with Crippen LogP contribution < -0.4 is 0 Å². The second-order valence-corrected chi connectivity index (χ2v) is 5.01. The van der Waals surface area contributed by atoms with Gasteiger partial charge in [0.05, 0.1) is 6.61 Å². The molecule has 1 atom stereocenters. The summed E-state index contributed by atoms with van der Waals surface area (Å²) >= 11 is 7.41. The first kappa shape index (κ1) is 10.8. The van der Waals surface area contributed by atoms with Gasteiger partial charge in [-0.2, -0.15) is 0 Å². The van der Waals surface area contributed by atoms with E-state index in [1.54, 1.807) is 11.8 Å². The Morgan fingerprint density at radius 1 is 1.40 bits per heavy atom. The first-order chi connectivity index (χ1) is 7.25. The van der Waals surface area contributed by atoms with Gasteiger partial charge in [-0.05, 0) is 17.7 Å². The van der Waals surface area contributed by atoms with E-state index in [4.69, 9.17) is 16.3 Å². The van der Waals surface area contributed by atoms with E-state index in [-0.39, 0.29) is 11.2 Å². The number of benzene rings is 1. The molecule has 1 aliphatic rings. The summed E-state index contributed by atoms with van der Waals surface area (Å²) in [4.78, 5) is 11.2. The molecule has 2 rings (SSSR count). The number of halogens is 1. The van der Waals surface area contributed by atoms with Crippen molar-refractivity contribution in [1.82, 2.24) is 0 Å². The fourth-order valence-electron chi connectivity index (χ4n) is 1.41. The molecule has 4 heteroatoms. The van der Waals surface area contributed by atoms with Crippen molar-refractivity contribution in [3.8, 4) is 0 Å². The molecule has 0 aromatic heterocycles. The van der Waals surface area contributed by atoms with E-state index in [0.717, 1.165) is 17.2 Å². The van der Waals surface area contributed by atoms with E-state index in [2.05, 4.69) is 0 Å². The van der Waals surface area contributed by atoms with Crippen molar-refractivity contribution in [2.75, 3.05) is 6.61 Å². The minimum Gasteiger partial charge on any atom is -0.465 e. The summed E-state index contributed by atoms with van der Waals surface area (Å²) < 4.78 is 4.89. The van der Waals surface area contributed by atoms with Gasteiger partial charge in [0.1, 0.15) is 5.25 Å². The third-order valence-corrected chi connectivity index (χ3v) is 3.83. The Balaban J connectivity index is 1.87. The molecule has 0 saturated carbocycles. The highest BCUT2D eigenvalue weighted by molar-refractivity contribution is 7.99. The number of carbonyl (C=O) groups is 1. The predicted octanol–water partition coefficient (Wildman–Crippen LogP) is 2.89. The molecule has 0 radical (unpaired) electrons. The van der Waals surface area contributed by atoms with Gasteiger partial charge in [-0.15, -0.1) is 11.8 Å². The van der Waals surface area contributed by atoms with Crippen LogP contribution in [0.3, 0.4) is 0 Å². The highest BCUT2D eigenvalue weighted by Crippen LogP contribution is 2.25. The standard InChI is InChI=1S/C11H11ClO2S/c12-9-3-1-8(2-4-9)7-15-10-5-6-14-11(10)13/h1-4,10H,5-7H2/t10-/m0/s1. The van der Waals surface area contributed by atoms with Crippen LogP contribution in [0, 0.1) is 0 Å².